The maximum Gasteiger partial charge on any atom is 0.335 e. The number of benzene rings is 1. The smallest absolute Gasteiger partial charge is 0.335 e. The van der Waals surface area contributed by atoms with Crippen LogP contribution in [0.2, 0.25) is 0 Å². The Bertz CT molecular complexity index is 1400. The van der Waals surface area contributed by atoms with Gasteiger partial charge in [-0.05, 0) is 176 Å². The molecule has 8 rings (SSSR count). The molecule has 0 bridgehead atoms. The van der Waals surface area contributed by atoms with Crippen LogP contribution < -0.4 is 5.32 Å². The maximum absolute atomic E-state index is 11.5. The van der Waals surface area contributed by atoms with Crippen molar-refractivity contribution >= 4 is 11.5 Å². The van der Waals surface area contributed by atoms with Crippen LogP contribution in [0.1, 0.15) is 140 Å². The third-order valence-corrected chi connectivity index (χ3v) is 17.3. The molecule has 47 heavy (non-hydrogen) atoms. The summed E-state index contributed by atoms with van der Waals surface area (Å²) in [4.78, 5) is 14.3. The highest BCUT2D eigenvalue weighted by atomic mass is 16.4. The van der Waals surface area contributed by atoms with Crippen molar-refractivity contribution in [2.75, 3.05) is 32.7 Å². The molecule has 6 aliphatic carbocycles. The number of carboxylic acids is 1. The molecule has 3 unspecified atom stereocenters. The average Bonchev–Trinajstić information content (AvgIpc) is 3.37. The SMILES string of the molecule is CC1(C)C(c2ccc(C(=O)O)cc2)=CC[C@@]2(C)C1CC[C@]1(C)C2CC[C@@H]2C3CCC[C@]3(CNCC3(CN4CCCC4)CC3)CC[C@]21C. The van der Waals surface area contributed by atoms with Gasteiger partial charge in [-0.3, -0.25) is 0 Å². The lowest BCUT2D eigenvalue weighted by atomic mass is 9.32. The fraction of sp³-hybridized carbons (Fsp3) is 0.791. The first kappa shape index (κ1) is 32.5. The van der Waals surface area contributed by atoms with Crippen LogP contribution in [0, 0.1) is 56.2 Å². The molecule has 1 heterocycles. The molecule has 0 aromatic heterocycles. The van der Waals surface area contributed by atoms with Gasteiger partial charge in [-0.1, -0.05) is 59.2 Å². The van der Waals surface area contributed by atoms with Gasteiger partial charge in [0, 0.05) is 19.6 Å². The first-order chi connectivity index (χ1) is 22.4. The molecule has 2 N–H and O–H groups in total. The molecular formula is C43H64N2O2. The second kappa shape index (κ2) is 11.2. The number of hydrogen-bond acceptors (Lipinski definition) is 3. The zero-order valence-electron chi connectivity index (χ0n) is 30.4. The summed E-state index contributed by atoms with van der Waals surface area (Å²) in [5.41, 5.74) is 5.39. The van der Waals surface area contributed by atoms with E-state index in [4.69, 9.17) is 0 Å². The molecule has 1 aromatic carbocycles. The Labute approximate surface area is 285 Å². The molecule has 4 heteroatoms. The van der Waals surface area contributed by atoms with Crippen LogP contribution in [0.4, 0.5) is 0 Å². The summed E-state index contributed by atoms with van der Waals surface area (Å²) in [6.07, 6.45) is 22.3. The standard InChI is InChI=1S/C43H64N2O2/c1-38(2)32(30-10-12-31(13-11-30)37(46)47)16-19-39(3)35(38)17-20-41(5)36(39)15-14-33-34-9-8-18-43(34,24-21-40(33,41)4)28-44-27-42(22-23-42)29-45-25-6-7-26-45/h10-13,16,33-36,44H,6-9,14-15,17-29H2,1-5H3,(H,46,47)/t33-,34?,35?,36?,39+,40-,41-,43-/m1/s1. The lowest BCUT2D eigenvalue weighted by Crippen LogP contribution is -2.65. The number of aromatic carboxylic acids is 1. The van der Waals surface area contributed by atoms with Crippen molar-refractivity contribution in [3.05, 3.63) is 41.5 Å². The van der Waals surface area contributed by atoms with Crippen molar-refractivity contribution in [1.82, 2.24) is 10.2 Å². The summed E-state index contributed by atoms with van der Waals surface area (Å²) in [5, 5.41) is 13.7. The predicted octanol–water partition coefficient (Wildman–Crippen LogP) is 9.70. The van der Waals surface area contributed by atoms with Gasteiger partial charge in [0.05, 0.1) is 5.56 Å². The van der Waals surface area contributed by atoms with Gasteiger partial charge in [-0.25, -0.2) is 4.79 Å². The predicted molar refractivity (Wildman–Crippen MR) is 192 cm³/mol. The molecule has 0 radical (unpaired) electrons. The van der Waals surface area contributed by atoms with Crippen LogP contribution >= 0.6 is 0 Å². The van der Waals surface area contributed by atoms with Gasteiger partial charge in [0.2, 0.25) is 0 Å². The van der Waals surface area contributed by atoms with Crippen LogP contribution in [0.25, 0.3) is 5.57 Å². The molecule has 1 aliphatic heterocycles. The summed E-state index contributed by atoms with van der Waals surface area (Å²) < 4.78 is 0. The summed E-state index contributed by atoms with van der Waals surface area (Å²) in [6.45, 7) is 19.8. The van der Waals surface area contributed by atoms with E-state index in [0.29, 0.717) is 38.6 Å². The average molecular weight is 641 g/mol. The fourth-order valence-corrected chi connectivity index (χ4v) is 14.5. The zero-order valence-corrected chi connectivity index (χ0v) is 30.4. The van der Waals surface area contributed by atoms with E-state index in [1.807, 2.05) is 0 Å². The second-order valence-electron chi connectivity index (χ2n) is 19.5. The van der Waals surface area contributed by atoms with Crippen molar-refractivity contribution in [3.8, 4) is 0 Å². The van der Waals surface area contributed by atoms with Gasteiger partial charge in [0.15, 0.2) is 0 Å². The minimum atomic E-state index is -0.843. The van der Waals surface area contributed by atoms with E-state index in [0.717, 1.165) is 24.2 Å². The number of rotatable bonds is 8. The Morgan fingerprint density at radius 2 is 1.53 bits per heavy atom. The van der Waals surface area contributed by atoms with E-state index in [9.17, 15) is 9.90 Å². The Morgan fingerprint density at radius 3 is 2.23 bits per heavy atom. The number of carboxylic acid groups (broad SMARTS) is 1. The molecule has 0 amide bonds. The molecular weight excluding hydrogens is 576 g/mol. The van der Waals surface area contributed by atoms with Gasteiger partial charge in [0.1, 0.15) is 0 Å². The van der Waals surface area contributed by atoms with Gasteiger partial charge < -0.3 is 15.3 Å². The third kappa shape index (κ3) is 4.90. The van der Waals surface area contributed by atoms with Crippen LogP contribution in [-0.2, 0) is 0 Å². The number of allylic oxidation sites excluding steroid dienone is 2. The molecule has 8 atom stereocenters. The van der Waals surface area contributed by atoms with E-state index < -0.39 is 5.97 Å². The monoisotopic (exact) mass is 640 g/mol. The van der Waals surface area contributed by atoms with E-state index in [-0.39, 0.29) is 5.41 Å². The molecule has 7 aliphatic rings. The van der Waals surface area contributed by atoms with Crippen molar-refractivity contribution in [1.29, 1.82) is 0 Å². The van der Waals surface area contributed by atoms with Crippen LogP contribution in [0.5, 0.6) is 0 Å². The van der Waals surface area contributed by atoms with Gasteiger partial charge in [-0.2, -0.15) is 0 Å². The van der Waals surface area contributed by atoms with Gasteiger partial charge in [-0.15, -0.1) is 0 Å². The molecule has 258 valence electrons. The lowest BCUT2D eigenvalue weighted by Gasteiger charge is -2.72. The number of nitrogens with one attached hydrogen (secondary N) is 1. The Balaban J connectivity index is 1.00. The molecule has 6 fully saturated rings. The molecule has 1 aromatic rings. The number of nitrogens with zero attached hydrogens (tertiary/aromatic N) is 1. The van der Waals surface area contributed by atoms with Crippen LogP contribution in [-0.4, -0.2) is 48.7 Å². The summed E-state index contributed by atoms with van der Waals surface area (Å²) in [7, 11) is 0. The first-order valence-corrected chi connectivity index (χ1v) is 19.8. The normalized spacial score (nSPS) is 43.3. The molecule has 4 nitrogen and oxygen atoms in total. The highest BCUT2D eigenvalue weighted by molar-refractivity contribution is 5.88. The van der Waals surface area contributed by atoms with E-state index in [2.05, 4.69) is 63.0 Å². The highest BCUT2D eigenvalue weighted by Crippen LogP contribution is 2.77. The summed E-state index contributed by atoms with van der Waals surface area (Å²) in [6, 6.07) is 7.70. The Morgan fingerprint density at radius 1 is 0.787 bits per heavy atom. The van der Waals surface area contributed by atoms with Crippen molar-refractivity contribution < 1.29 is 9.90 Å². The van der Waals surface area contributed by atoms with E-state index in [1.165, 1.54) is 127 Å². The number of carbonyl (C=O) groups is 1. The molecule has 5 saturated carbocycles. The maximum atomic E-state index is 11.5. The molecule has 0 spiro atoms. The lowest BCUT2D eigenvalue weighted by molar-refractivity contribution is -0.222. The second-order valence-corrected chi connectivity index (χ2v) is 19.5. The Hall–Kier alpha value is -1.65. The topological polar surface area (TPSA) is 52.6 Å². The van der Waals surface area contributed by atoms with Crippen molar-refractivity contribution in [2.45, 2.75) is 125 Å². The van der Waals surface area contributed by atoms with E-state index >= 15 is 0 Å². The minimum absolute atomic E-state index is 0.0728. The summed E-state index contributed by atoms with van der Waals surface area (Å²) >= 11 is 0. The quantitative estimate of drug-likeness (QED) is 0.297. The fourth-order valence-electron chi connectivity index (χ4n) is 14.5. The summed E-state index contributed by atoms with van der Waals surface area (Å²) in [5.74, 6) is 2.38. The largest absolute Gasteiger partial charge is 0.478 e. The number of hydrogen-bond donors (Lipinski definition) is 2. The van der Waals surface area contributed by atoms with Crippen molar-refractivity contribution in [3.63, 3.8) is 0 Å². The third-order valence-electron chi connectivity index (χ3n) is 17.3. The van der Waals surface area contributed by atoms with E-state index in [1.54, 1.807) is 12.1 Å². The Kier molecular flexibility index (Phi) is 7.74. The molecule has 1 saturated heterocycles. The number of fused-ring (bicyclic) bond motifs is 7. The van der Waals surface area contributed by atoms with Crippen LogP contribution in [0.15, 0.2) is 30.3 Å². The number of likely N-dealkylation sites (tertiary alicyclic amines) is 1. The minimum Gasteiger partial charge on any atom is -0.478 e. The first-order valence-electron chi connectivity index (χ1n) is 19.8. The van der Waals surface area contributed by atoms with Crippen LogP contribution in [0.3, 0.4) is 0 Å². The van der Waals surface area contributed by atoms with Gasteiger partial charge >= 0.3 is 5.97 Å². The van der Waals surface area contributed by atoms with Gasteiger partial charge in [0.25, 0.3) is 0 Å². The zero-order chi connectivity index (χ0) is 32.9. The highest BCUT2D eigenvalue weighted by Gasteiger charge is 2.69. The van der Waals surface area contributed by atoms with Crippen molar-refractivity contribution in [2.24, 2.45) is 56.2 Å².